The average molecular weight is 295 g/mol. The molecule has 0 amide bonds. The summed E-state index contributed by atoms with van der Waals surface area (Å²) < 4.78 is 1.36. The molecule has 2 heteroatoms. The average Bonchev–Trinajstić information content (AvgIpc) is 2.89. The number of fused-ring (bicyclic) bond motifs is 1. The molecular formula is C19H21NS. The summed E-state index contributed by atoms with van der Waals surface area (Å²) in [7, 11) is 0. The molecule has 1 heterocycles. The van der Waals surface area contributed by atoms with Crippen molar-refractivity contribution in [3.8, 4) is 0 Å². The summed E-state index contributed by atoms with van der Waals surface area (Å²) in [6, 6.07) is 15.7. The zero-order valence-corrected chi connectivity index (χ0v) is 13.6. The zero-order chi connectivity index (χ0) is 14.8. The van der Waals surface area contributed by atoms with Crippen LogP contribution in [-0.2, 0) is 0 Å². The smallest absolute Gasteiger partial charge is 0.0593 e. The highest BCUT2D eigenvalue weighted by molar-refractivity contribution is 7.17. The van der Waals surface area contributed by atoms with Gasteiger partial charge in [-0.15, -0.1) is 11.3 Å². The van der Waals surface area contributed by atoms with E-state index < -0.39 is 0 Å². The zero-order valence-electron chi connectivity index (χ0n) is 12.8. The number of hydrogen-bond acceptors (Lipinski definition) is 2. The van der Waals surface area contributed by atoms with Gasteiger partial charge in [0.1, 0.15) is 0 Å². The topological polar surface area (TPSA) is 12.0 Å². The van der Waals surface area contributed by atoms with Crippen LogP contribution < -0.4 is 5.32 Å². The predicted octanol–water partition coefficient (Wildman–Crippen LogP) is 5.22. The van der Waals surface area contributed by atoms with Gasteiger partial charge in [0.25, 0.3) is 0 Å². The quantitative estimate of drug-likeness (QED) is 0.696. The molecule has 1 aromatic heterocycles. The van der Waals surface area contributed by atoms with E-state index in [0.29, 0.717) is 0 Å². The lowest BCUT2D eigenvalue weighted by Gasteiger charge is -2.21. The molecule has 1 nitrogen and oxygen atoms in total. The number of nitrogens with one attached hydrogen (secondary N) is 1. The van der Waals surface area contributed by atoms with Crippen molar-refractivity contribution >= 4 is 21.4 Å². The highest BCUT2D eigenvalue weighted by atomic mass is 32.1. The molecule has 108 valence electrons. The van der Waals surface area contributed by atoms with Crippen LogP contribution in [0.4, 0.5) is 0 Å². The third-order valence-electron chi connectivity index (χ3n) is 3.97. The third kappa shape index (κ3) is 2.74. The van der Waals surface area contributed by atoms with Gasteiger partial charge in [-0.3, -0.25) is 0 Å². The number of benzene rings is 2. The van der Waals surface area contributed by atoms with E-state index in [1.165, 1.54) is 32.3 Å². The Morgan fingerprint density at radius 2 is 1.86 bits per heavy atom. The normalized spacial score (nSPS) is 12.7. The number of aryl methyl sites for hydroxylation is 2. The maximum absolute atomic E-state index is 3.66. The second-order valence-electron chi connectivity index (χ2n) is 5.54. The van der Waals surface area contributed by atoms with Crippen LogP contribution in [0.2, 0.25) is 0 Å². The van der Waals surface area contributed by atoms with Gasteiger partial charge in [0.2, 0.25) is 0 Å². The molecule has 0 radical (unpaired) electrons. The van der Waals surface area contributed by atoms with Crippen LogP contribution in [-0.4, -0.2) is 6.54 Å². The summed E-state index contributed by atoms with van der Waals surface area (Å²) in [6.07, 6.45) is 0. The molecule has 0 bridgehead atoms. The monoisotopic (exact) mass is 295 g/mol. The Bertz CT molecular complexity index is 757. The van der Waals surface area contributed by atoms with Gasteiger partial charge < -0.3 is 5.32 Å². The molecule has 1 N–H and O–H groups in total. The molecule has 1 atom stereocenters. The Morgan fingerprint density at radius 3 is 2.62 bits per heavy atom. The van der Waals surface area contributed by atoms with Crippen molar-refractivity contribution in [3.63, 3.8) is 0 Å². The van der Waals surface area contributed by atoms with Crippen LogP contribution in [0.5, 0.6) is 0 Å². The summed E-state index contributed by atoms with van der Waals surface area (Å²) in [5, 5.41) is 7.33. The molecule has 0 aliphatic carbocycles. The fraction of sp³-hybridized carbons (Fsp3) is 0.263. The van der Waals surface area contributed by atoms with Gasteiger partial charge in [-0.25, -0.2) is 0 Å². The first kappa shape index (κ1) is 14.3. The maximum Gasteiger partial charge on any atom is 0.0593 e. The predicted molar refractivity (Wildman–Crippen MR) is 93.3 cm³/mol. The van der Waals surface area contributed by atoms with Crippen LogP contribution in [0.15, 0.2) is 47.8 Å². The van der Waals surface area contributed by atoms with Crippen molar-refractivity contribution in [2.24, 2.45) is 0 Å². The molecule has 1 unspecified atom stereocenters. The first-order chi connectivity index (χ1) is 10.2. The molecule has 3 rings (SSSR count). The second kappa shape index (κ2) is 6.00. The van der Waals surface area contributed by atoms with Gasteiger partial charge in [0, 0.05) is 4.70 Å². The Balaban J connectivity index is 2.13. The Kier molecular flexibility index (Phi) is 4.09. The third-order valence-corrected chi connectivity index (χ3v) is 4.95. The lowest BCUT2D eigenvalue weighted by Crippen LogP contribution is -2.22. The van der Waals surface area contributed by atoms with E-state index >= 15 is 0 Å². The van der Waals surface area contributed by atoms with Crippen molar-refractivity contribution in [2.45, 2.75) is 26.8 Å². The first-order valence-electron chi connectivity index (χ1n) is 7.47. The molecule has 0 fully saturated rings. The van der Waals surface area contributed by atoms with Gasteiger partial charge in [0.05, 0.1) is 6.04 Å². The fourth-order valence-corrected chi connectivity index (χ4v) is 3.95. The molecule has 0 spiro atoms. The van der Waals surface area contributed by atoms with E-state index in [0.717, 1.165) is 6.54 Å². The molecule has 0 saturated carbocycles. The maximum atomic E-state index is 3.66. The lowest BCUT2D eigenvalue weighted by molar-refractivity contribution is 0.632. The molecule has 2 aromatic carbocycles. The molecule has 0 aliphatic rings. The van der Waals surface area contributed by atoms with Crippen molar-refractivity contribution in [3.05, 3.63) is 70.1 Å². The second-order valence-corrected chi connectivity index (χ2v) is 6.45. The largest absolute Gasteiger partial charge is 0.306 e. The van der Waals surface area contributed by atoms with Gasteiger partial charge in [-0.2, -0.15) is 0 Å². The molecule has 21 heavy (non-hydrogen) atoms. The van der Waals surface area contributed by atoms with Crippen LogP contribution in [0.25, 0.3) is 10.1 Å². The van der Waals surface area contributed by atoms with Crippen molar-refractivity contribution in [2.75, 3.05) is 6.54 Å². The van der Waals surface area contributed by atoms with Crippen molar-refractivity contribution < 1.29 is 0 Å². The minimum atomic E-state index is 0.270. The highest BCUT2D eigenvalue weighted by Gasteiger charge is 2.18. The summed E-state index contributed by atoms with van der Waals surface area (Å²) in [5.74, 6) is 0. The van der Waals surface area contributed by atoms with E-state index in [4.69, 9.17) is 0 Å². The summed E-state index contributed by atoms with van der Waals surface area (Å²) >= 11 is 1.83. The van der Waals surface area contributed by atoms with Crippen molar-refractivity contribution in [1.82, 2.24) is 5.32 Å². The Labute approximate surface area is 130 Å². The summed E-state index contributed by atoms with van der Waals surface area (Å²) in [5.41, 5.74) is 5.45. The van der Waals surface area contributed by atoms with E-state index in [-0.39, 0.29) is 6.04 Å². The minimum absolute atomic E-state index is 0.270. The fourth-order valence-electron chi connectivity index (χ4n) is 2.96. The Morgan fingerprint density at radius 1 is 1.05 bits per heavy atom. The SMILES string of the molecule is CCNC(c1ccc(C)cc1C)c1csc2ccccc12. The van der Waals surface area contributed by atoms with Crippen LogP contribution in [0, 0.1) is 13.8 Å². The molecule has 0 aliphatic heterocycles. The van der Waals surface area contributed by atoms with E-state index in [1.54, 1.807) is 0 Å². The van der Waals surface area contributed by atoms with Crippen LogP contribution in [0.3, 0.4) is 0 Å². The van der Waals surface area contributed by atoms with E-state index in [9.17, 15) is 0 Å². The molecular weight excluding hydrogens is 274 g/mol. The van der Waals surface area contributed by atoms with Gasteiger partial charge in [0.15, 0.2) is 0 Å². The molecule has 0 saturated heterocycles. The highest BCUT2D eigenvalue weighted by Crippen LogP contribution is 2.34. The lowest BCUT2D eigenvalue weighted by atomic mass is 9.93. The Hall–Kier alpha value is -1.64. The van der Waals surface area contributed by atoms with Gasteiger partial charge >= 0.3 is 0 Å². The first-order valence-corrected chi connectivity index (χ1v) is 8.35. The number of rotatable bonds is 4. The number of hydrogen-bond donors (Lipinski definition) is 1. The minimum Gasteiger partial charge on any atom is -0.306 e. The van der Waals surface area contributed by atoms with Crippen LogP contribution in [0.1, 0.15) is 35.2 Å². The standard InChI is InChI=1S/C19H21NS/c1-4-20-19(15-10-9-13(2)11-14(15)3)17-12-21-18-8-6-5-7-16(17)18/h5-12,19-20H,4H2,1-3H3. The van der Waals surface area contributed by atoms with E-state index in [1.807, 2.05) is 11.3 Å². The van der Waals surface area contributed by atoms with Crippen LogP contribution >= 0.6 is 11.3 Å². The molecule has 3 aromatic rings. The summed E-state index contributed by atoms with van der Waals surface area (Å²) in [4.78, 5) is 0. The van der Waals surface area contributed by atoms with Gasteiger partial charge in [-0.1, -0.05) is 48.9 Å². The number of thiophene rings is 1. The summed E-state index contributed by atoms with van der Waals surface area (Å²) in [6.45, 7) is 7.49. The van der Waals surface area contributed by atoms with Crippen molar-refractivity contribution in [1.29, 1.82) is 0 Å². The van der Waals surface area contributed by atoms with Gasteiger partial charge in [-0.05, 0) is 53.9 Å². The van der Waals surface area contributed by atoms with E-state index in [2.05, 4.69) is 73.9 Å².